The summed E-state index contributed by atoms with van der Waals surface area (Å²) in [5, 5.41) is 0. The fourth-order valence-electron chi connectivity index (χ4n) is 0.529. The van der Waals surface area contributed by atoms with Crippen LogP contribution in [0.25, 0.3) is 0 Å². The molecule has 1 unspecified atom stereocenters. The lowest BCUT2D eigenvalue weighted by atomic mass is 10.1. The van der Waals surface area contributed by atoms with E-state index in [9.17, 15) is 0 Å². The largest absolute Gasteiger partial charge is 0.0870 e. The predicted molar refractivity (Wildman–Crippen MR) is 36.3 cm³/mol. The van der Waals surface area contributed by atoms with E-state index < -0.39 is 0 Å². The van der Waals surface area contributed by atoms with Crippen LogP contribution in [0.15, 0.2) is 0 Å². The zero-order valence-electron chi connectivity index (χ0n) is 5.03. The summed E-state index contributed by atoms with van der Waals surface area (Å²) in [5.74, 6) is 0. The second-order valence-corrected chi connectivity index (χ2v) is 3.19. The van der Waals surface area contributed by atoms with Gasteiger partial charge in [0.25, 0.3) is 0 Å². The lowest BCUT2D eigenvalue weighted by Gasteiger charge is -2.12. The van der Waals surface area contributed by atoms with Gasteiger partial charge in [-0.15, -0.1) is 0 Å². The molecular formula is C6H12S. The molecule has 0 N–H and O–H groups in total. The van der Waals surface area contributed by atoms with Crippen LogP contribution in [0.3, 0.4) is 0 Å². The van der Waals surface area contributed by atoms with Crippen molar-refractivity contribution in [3.63, 3.8) is 0 Å². The Bertz CT molecular complexity index is 42.6. The van der Waals surface area contributed by atoms with Crippen molar-refractivity contribution in [3.8, 4) is 0 Å². The number of rotatable bonds is 2. The molecule has 0 fully saturated rings. The Balaban J connectivity index is 3.15. The summed E-state index contributed by atoms with van der Waals surface area (Å²) in [6.45, 7) is 7.87. The summed E-state index contributed by atoms with van der Waals surface area (Å²) in [4.78, 5) is 0. The van der Waals surface area contributed by atoms with E-state index >= 15 is 0 Å². The third kappa shape index (κ3) is 6.35. The molecule has 0 aliphatic heterocycles. The summed E-state index contributed by atoms with van der Waals surface area (Å²) >= 11 is 4.97. The zero-order valence-corrected chi connectivity index (χ0v) is 5.85. The SMILES string of the molecule is [CH2]C(C)([S])CCC. The molecule has 0 bridgehead atoms. The zero-order chi connectivity index (χ0) is 5.91. The van der Waals surface area contributed by atoms with Gasteiger partial charge >= 0.3 is 0 Å². The van der Waals surface area contributed by atoms with E-state index in [0.29, 0.717) is 0 Å². The minimum atomic E-state index is -0.116. The summed E-state index contributed by atoms with van der Waals surface area (Å²) in [5.41, 5.74) is 0. The van der Waals surface area contributed by atoms with Gasteiger partial charge in [-0.3, -0.25) is 0 Å². The van der Waals surface area contributed by atoms with Crippen LogP contribution in [0.2, 0.25) is 0 Å². The Morgan fingerprint density at radius 2 is 2.14 bits per heavy atom. The Morgan fingerprint density at radius 3 is 2.14 bits per heavy atom. The van der Waals surface area contributed by atoms with Gasteiger partial charge in [0, 0.05) is 4.75 Å². The quantitative estimate of drug-likeness (QED) is 0.520. The van der Waals surface area contributed by atoms with E-state index in [2.05, 4.69) is 13.8 Å². The standard InChI is InChI=1S/C6H12S/c1-4-5-6(2,3)7/h2,4-5H2,1,3H3. The van der Waals surface area contributed by atoms with Gasteiger partial charge in [-0.05, 0) is 20.3 Å². The van der Waals surface area contributed by atoms with E-state index in [1.165, 1.54) is 0 Å². The van der Waals surface area contributed by atoms with Gasteiger partial charge in [0.2, 0.25) is 0 Å². The lowest BCUT2D eigenvalue weighted by Crippen LogP contribution is -2.08. The Labute approximate surface area is 51.7 Å². The first-order valence-electron chi connectivity index (χ1n) is 2.62. The molecule has 0 aromatic carbocycles. The Kier molecular flexibility index (Phi) is 2.74. The molecule has 1 heteroatoms. The average molecular weight is 116 g/mol. The Morgan fingerprint density at radius 1 is 1.71 bits per heavy atom. The van der Waals surface area contributed by atoms with Gasteiger partial charge in [-0.1, -0.05) is 26.0 Å². The van der Waals surface area contributed by atoms with Crippen LogP contribution in [0.1, 0.15) is 26.7 Å². The van der Waals surface area contributed by atoms with Crippen LogP contribution in [0.5, 0.6) is 0 Å². The highest BCUT2D eigenvalue weighted by Crippen LogP contribution is 2.17. The summed E-state index contributed by atoms with van der Waals surface area (Å²) in [6.07, 6.45) is 2.19. The maximum atomic E-state index is 4.97. The van der Waals surface area contributed by atoms with Gasteiger partial charge in [-0.25, -0.2) is 0 Å². The molecule has 0 spiro atoms. The van der Waals surface area contributed by atoms with Gasteiger partial charge in [0.15, 0.2) is 0 Å². The molecule has 2 radical (unpaired) electrons. The van der Waals surface area contributed by atoms with Crippen LogP contribution in [0.4, 0.5) is 0 Å². The fourth-order valence-corrected chi connectivity index (χ4v) is 0.733. The molecule has 0 nitrogen and oxygen atoms in total. The van der Waals surface area contributed by atoms with Gasteiger partial charge in [0.05, 0.1) is 0 Å². The minimum Gasteiger partial charge on any atom is -0.0870 e. The molecule has 1 atom stereocenters. The van der Waals surface area contributed by atoms with Crippen LogP contribution in [-0.4, -0.2) is 4.75 Å². The third-order valence-corrected chi connectivity index (χ3v) is 0.983. The Hall–Kier alpha value is 0.350. The van der Waals surface area contributed by atoms with E-state index in [4.69, 9.17) is 12.6 Å². The van der Waals surface area contributed by atoms with Crippen molar-refractivity contribution in [2.75, 3.05) is 0 Å². The molecule has 0 saturated carbocycles. The van der Waals surface area contributed by atoms with Gasteiger partial charge in [0.1, 0.15) is 0 Å². The van der Waals surface area contributed by atoms with Crippen molar-refractivity contribution in [1.29, 1.82) is 0 Å². The second-order valence-electron chi connectivity index (χ2n) is 2.20. The summed E-state index contributed by atoms with van der Waals surface area (Å²) in [7, 11) is 0. The van der Waals surface area contributed by atoms with Gasteiger partial charge < -0.3 is 0 Å². The van der Waals surface area contributed by atoms with Crippen molar-refractivity contribution < 1.29 is 0 Å². The molecule has 0 amide bonds. The monoisotopic (exact) mass is 116 g/mol. The first-order chi connectivity index (χ1) is 3.06. The van der Waals surface area contributed by atoms with Crippen molar-refractivity contribution in [3.05, 3.63) is 6.92 Å². The first kappa shape index (κ1) is 7.35. The summed E-state index contributed by atoms with van der Waals surface area (Å²) < 4.78 is -0.116. The number of hydrogen-bond donors (Lipinski definition) is 0. The van der Waals surface area contributed by atoms with Crippen molar-refractivity contribution >= 4 is 12.6 Å². The highest BCUT2D eigenvalue weighted by atomic mass is 32.1. The van der Waals surface area contributed by atoms with E-state index in [1.54, 1.807) is 0 Å². The van der Waals surface area contributed by atoms with E-state index in [-0.39, 0.29) is 4.75 Å². The van der Waals surface area contributed by atoms with E-state index in [0.717, 1.165) is 12.8 Å². The molecule has 0 aliphatic rings. The molecule has 0 rings (SSSR count). The predicted octanol–water partition coefficient (Wildman–Crippen LogP) is 2.58. The van der Waals surface area contributed by atoms with Crippen LogP contribution in [-0.2, 0) is 0 Å². The average Bonchev–Trinajstić information content (AvgIpc) is 1.30. The van der Waals surface area contributed by atoms with Crippen molar-refractivity contribution in [2.24, 2.45) is 0 Å². The molecule has 0 saturated heterocycles. The highest BCUT2D eigenvalue weighted by Gasteiger charge is 2.09. The van der Waals surface area contributed by atoms with Crippen LogP contribution in [0, 0.1) is 6.92 Å². The molecule has 0 heterocycles. The molecule has 7 heavy (non-hydrogen) atoms. The van der Waals surface area contributed by atoms with Crippen LogP contribution < -0.4 is 0 Å². The lowest BCUT2D eigenvalue weighted by molar-refractivity contribution is 0.683. The fraction of sp³-hybridized carbons (Fsp3) is 0.833. The third-order valence-electron chi connectivity index (χ3n) is 0.779. The second kappa shape index (κ2) is 2.61. The number of hydrogen-bond acceptors (Lipinski definition) is 0. The molecule has 0 aliphatic carbocycles. The normalized spacial score (nSPS) is 12.0. The minimum absolute atomic E-state index is 0.116. The summed E-state index contributed by atoms with van der Waals surface area (Å²) in [6, 6.07) is 0. The van der Waals surface area contributed by atoms with Crippen LogP contribution >= 0.6 is 12.6 Å². The topological polar surface area (TPSA) is 0 Å². The maximum absolute atomic E-state index is 4.97. The van der Waals surface area contributed by atoms with E-state index in [1.807, 2.05) is 6.92 Å². The maximum Gasteiger partial charge on any atom is 0.0236 e. The van der Waals surface area contributed by atoms with Gasteiger partial charge in [-0.2, -0.15) is 0 Å². The molecule has 0 aromatic rings. The first-order valence-corrected chi connectivity index (χ1v) is 3.03. The molecule has 0 aromatic heterocycles. The highest BCUT2D eigenvalue weighted by molar-refractivity contribution is 7.81. The van der Waals surface area contributed by atoms with Crippen molar-refractivity contribution in [2.45, 2.75) is 31.4 Å². The smallest absolute Gasteiger partial charge is 0.0236 e. The van der Waals surface area contributed by atoms with Crippen molar-refractivity contribution in [1.82, 2.24) is 0 Å². The molecule has 42 valence electrons. The molecular weight excluding hydrogens is 104 g/mol.